The average Bonchev–Trinajstić information content (AvgIpc) is 3.06. The molecule has 132 valence electrons. The lowest BCUT2D eigenvalue weighted by molar-refractivity contribution is 0.0541. The van der Waals surface area contributed by atoms with E-state index >= 15 is 0 Å². The average molecular weight is 352 g/mol. The lowest BCUT2D eigenvalue weighted by Crippen LogP contribution is -2.25. The van der Waals surface area contributed by atoms with Crippen LogP contribution in [0.2, 0.25) is 0 Å². The Morgan fingerprint density at radius 3 is 2.46 bits per heavy atom. The van der Waals surface area contributed by atoms with Crippen molar-refractivity contribution in [3.05, 3.63) is 35.9 Å². The van der Waals surface area contributed by atoms with Crippen molar-refractivity contribution in [2.75, 3.05) is 38.7 Å². The zero-order chi connectivity index (χ0) is 17.9. The quantitative estimate of drug-likeness (QED) is 0.580. The summed E-state index contributed by atoms with van der Waals surface area (Å²) in [6.45, 7) is 7.29. The van der Waals surface area contributed by atoms with Gasteiger partial charge in [-0.2, -0.15) is 0 Å². The van der Waals surface area contributed by atoms with Gasteiger partial charge in [0.1, 0.15) is 6.61 Å². The largest absolute Gasteiger partial charge is 0.458 e. The van der Waals surface area contributed by atoms with Crippen LogP contribution >= 0.6 is 0 Å². The molecule has 1 aliphatic heterocycles. The number of nitrogens with zero attached hydrogens (tertiary/aromatic N) is 2. The standard InChI is InChI=1S/C17H24N2O4S/c1-13(2)12-23-17(20)15-11-14(24(21,22)18(3)4)7-8-16(15)19-9-5-6-10-19/h7-8,11H,1,5-6,9-10,12H2,2-4H3. The number of hydrogen-bond acceptors (Lipinski definition) is 5. The summed E-state index contributed by atoms with van der Waals surface area (Å²) in [7, 11) is -0.693. The van der Waals surface area contributed by atoms with Crippen molar-refractivity contribution < 1.29 is 17.9 Å². The molecule has 24 heavy (non-hydrogen) atoms. The molecular formula is C17H24N2O4S. The zero-order valence-corrected chi connectivity index (χ0v) is 15.2. The molecule has 0 amide bonds. The van der Waals surface area contributed by atoms with Crippen LogP contribution in [0.25, 0.3) is 0 Å². The van der Waals surface area contributed by atoms with Crippen molar-refractivity contribution in [2.45, 2.75) is 24.7 Å². The zero-order valence-electron chi connectivity index (χ0n) is 14.4. The van der Waals surface area contributed by atoms with Gasteiger partial charge in [-0.15, -0.1) is 0 Å². The summed E-state index contributed by atoms with van der Waals surface area (Å²) in [6, 6.07) is 4.64. The fourth-order valence-electron chi connectivity index (χ4n) is 2.55. The molecule has 7 heteroatoms. The first-order valence-electron chi connectivity index (χ1n) is 7.86. The summed E-state index contributed by atoms with van der Waals surface area (Å²) >= 11 is 0. The Labute approximate surface area is 143 Å². The Balaban J connectivity index is 2.45. The van der Waals surface area contributed by atoms with Crippen LogP contribution in [-0.2, 0) is 14.8 Å². The number of esters is 1. The second kappa shape index (κ2) is 7.36. The summed E-state index contributed by atoms with van der Waals surface area (Å²) in [6.07, 6.45) is 2.11. The summed E-state index contributed by atoms with van der Waals surface area (Å²) in [5.74, 6) is -0.532. The van der Waals surface area contributed by atoms with Gasteiger partial charge in [-0.1, -0.05) is 6.58 Å². The third-order valence-corrected chi connectivity index (χ3v) is 5.67. The molecule has 0 atom stereocenters. The number of ether oxygens (including phenoxy) is 1. The number of sulfonamides is 1. The smallest absolute Gasteiger partial charge is 0.340 e. The van der Waals surface area contributed by atoms with Crippen LogP contribution in [0, 0.1) is 0 Å². The van der Waals surface area contributed by atoms with Crippen molar-refractivity contribution >= 4 is 21.7 Å². The molecule has 1 heterocycles. The molecule has 0 bridgehead atoms. The van der Waals surface area contributed by atoms with E-state index in [1.165, 1.54) is 20.2 Å². The van der Waals surface area contributed by atoms with Gasteiger partial charge in [-0.25, -0.2) is 17.5 Å². The van der Waals surface area contributed by atoms with E-state index < -0.39 is 16.0 Å². The molecule has 0 aromatic heterocycles. The van der Waals surface area contributed by atoms with E-state index in [1.54, 1.807) is 19.1 Å². The van der Waals surface area contributed by atoms with E-state index in [0.29, 0.717) is 0 Å². The van der Waals surface area contributed by atoms with Gasteiger partial charge in [0, 0.05) is 27.2 Å². The third-order valence-electron chi connectivity index (χ3n) is 3.86. The van der Waals surface area contributed by atoms with Crippen molar-refractivity contribution in [3.8, 4) is 0 Å². The predicted molar refractivity (Wildman–Crippen MR) is 93.9 cm³/mol. The third kappa shape index (κ3) is 3.96. The topological polar surface area (TPSA) is 66.9 Å². The van der Waals surface area contributed by atoms with Gasteiger partial charge in [-0.05, 0) is 43.5 Å². The number of rotatable bonds is 6. The van der Waals surface area contributed by atoms with Crippen molar-refractivity contribution in [1.82, 2.24) is 4.31 Å². The maximum atomic E-state index is 12.5. The summed E-state index contributed by atoms with van der Waals surface area (Å²) in [5.41, 5.74) is 1.72. The number of anilines is 1. The fraction of sp³-hybridized carbons (Fsp3) is 0.471. The lowest BCUT2D eigenvalue weighted by Gasteiger charge is -2.22. The molecule has 0 spiro atoms. The minimum Gasteiger partial charge on any atom is -0.458 e. The van der Waals surface area contributed by atoms with E-state index in [2.05, 4.69) is 11.5 Å². The SMILES string of the molecule is C=C(C)COC(=O)c1cc(S(=O)(=O)N(C)C)ccc1N1CCCC1. The molecule has 0 N–H and O–H groups in total. The van der Waals surface area contributed by atoms with Gasteiger partial charge in [0.05, 0.1) is 16.1 Å². The molecule has 2 rings (SSSR count). The molecule has 1 aliphatic rings. The number of hydrogen-bond donors (Lipinski definition) is 0. The molecule has 1 fully saturated rings. The normalized spacial score (nSPS) is 14.9. The Bertz CT molecular complexity index is 735. The molecular weight excluding hydrogens is 328 g/mol. The fourth-order valence-corrected chi connectivity index (χ4v) is 3.48. The summed E-state index contributed by atoms with van der Waals surface area (Å²) in [5, 5.41) is 0. The van der Waals surface area contributed by atoms with E-state index in [0.717, 1.165) is 41.5 Å². The molecule has 0 unspecified atom stereocenters. The van der Waals surface area contributed by atoms with Crippen LogP contribution in [-0.4, -0.2) is 52.5 Å². The van der Waals surface area contributed by atoms with Crippen molar-refractivity contribution in [3.63, 3.8) is 0 Å². The molecule has 0 saturated carbocycles. The summed E-state index contributed by atoms with van der Waals surface area (Å²) in [4.78, 5) is 14.6. The van der Waals surface area contributed by atoms with E-state index in [1.807, 2.05) is 0 Å². The lowest BCUT2D eigenvalue weighted by atomic mass is 10.1. The highest BCUT2D eigenvalue weighted by Gasteiger charge is 2.25. The number of benzene rings is 1. The van der Waals surface area contributed by atoms with E-state index in [4.69, 9.17) is 4.74 Å². The Kier molecular flexibility index (Phi) is 5.66. The number of carbonyl (C=O) groups is 1. The molecule has 1 saturated heterocycles. The minimum atomic E-state index is -3.61. The van der Waals surface area contributed by atoms with Gasteiger partial charge in [0.2, 0.25) is 10.0 Å². The maximum absolute atomic E-state index is 12.5. The summed E-state index contributed by atoms with van der Waals surface area (Å²) < 4.78 is 31.1. The van der Waals surface area contributed by atoms with Crippen LogP contribution in [0.1, 0.15) is 30.1 Å². The van der Waals surface area contributed by atoms with E-state index in [-0.39, 0.29) is 17.1 Å². The second-order valence-electron chi connectivity index (χ2n) is 6.19. The highest BCUT2D eigenvalue weighted by molar-refractivity contribution is 7.89. The highest BCUT2D eigenvalue weighted by Crippen LogP contribution is 2.28. The van der Waals surface area contributed by atoms with Gasteiger partial charge >= 0.3 is 5.97 Å². The van der Waals surface area contributed by atoms with E-state index in [9.17, 15) is 13.2 Å². The Morgan fingerprint density at radius 2 is 1.92 bits per heavy atom. The second-order valence-corrected chi connectivity index (χ2v) is 8.35. The first-order chi connectivity index (χ1) is 11.2. The van der Waals surface area contributed by atoms with Gasteiger partial charge in [-0.3, -0.25) is 0 Å². The number of carbonyl (C=O) groups excluding carboxylic acids is 1. The molecule has 1 aromatic carbocycles. The van der Waals surface area contributed by atoms with Crippen LogP contribution in [0.5, 0.6) is 0 Å². The maximum Gasteiger partial charge on any atom is 0.340 e. The van der Waals surface area contributed by atoms with Gasteiger partial charge in [0.25, 0.3) is 0 Å². The molecule has 0 radical (unpaired) electrons. The Hall–Kier alpha value is -1.86. The molecule has 6 nitrogen and oxygen atoms in total. The first kappa shape index (κ1) is 18.5. The molecule has 0 aliphatic carbocycles. The van der Waals surface area contributed by atoms with Crippen LogP contribution < -0.4 is 4.90 Å². The first-order valence-corrected chi connectivity index (χ1v) is 9.30. The van der Waals surface area contributed by atoms with Crippen molar-refractivity contribution in [1.29, 1.82) is 0 Å². The van der Waals surface area contributed by atoms with Gasteiger partial charge < -0.3 is 9.64 Å². The van der Waals surface area contributed by atoms with Crippen LogP contribution in [0.3, 0.4) is 0 Å². The monoisotopic (exact) mass is 352 g/mol. The Morgan fingerprint density at radius 1 is 1.29 bits per heavy atom. The van der Waals surface area contributed by atoms with Gasteiger partial charge in [0.15, 0.2) is 0 Å². The van der Waals surface area contributed by atoms with Crippen LogP contribution in [0.15, 0.2) is 35.2 Å². The predicted octanol–water partition coefficient (Wildman–Crippen LogP) is 2.27. The minimum absolute atomic E-state index is 0.0812. The van der Waals surface area contributed by atoms with Crippen LogP contribution in [0.4, 0.5) is 5.69 Å². The molecule has 1 aromatic rings. The highest BCUT2D eigenvalue weighted by atomic mass is 32.2. The van der Waals surface area contributed by atoms with Crippen molar-refractivity contribution in [2.24, 2.45) is 0 Å².